The third kappa shape index (κ3) is 1.19. The van der Waals surface area contributed by atoms with Crippen LogP contribution in [0.4, 0.5) is 0 Å². The van der Waals surface area contributed by atoms with Crippen molar-refractivity contribution in [1.82, 2.24) is 14.5 Å². The second-order valence-corrected chi connectivity index (χ2v) is 3.61. The third-order valence-corrected chi connectivity index (χ3v) is 2.79. The van der Waals surface area contributed by atoms with Gasteiger partial charge >= 0.3 is 0 Å². The molecule has 68 valence electrons. The summed E-state index contributed by atoms with van der Waals surface area (Å²) in [6.45, 7) is 1.83. The minimum absolute atomic E-state index is 0.432. The molecule has 0 unspecified atom stereocenters. The molecule has 0 spiro atoms. The maximum absolute atomic E-state index is 6.04. The van der Waals surface area contributed by atoms with E-state index in [1.165, 1.54) is 0 Å². The summed E-state index contributed by atoms with van der Waals surface area (Å²) in [5.74, 6) is 0. The Balaban J connectivity index is 2.96. The first-order valence-electron chi connectivity index (χ1n) is 3.74. The Morgan fingerprint density at radius 1 is 1.38 bits per heavy atom. The molecule has 0 aliphatic heterocycles. The topological polar surface area (TPSA) is 30.7 Å². The first-order valence-corrected chi connectivity index (χ1v) is 4.49. The molecule has 2 aromatic heterocycles. The minimum Gasteiger partial charge on any atom is -0.318 e. The quantitative estimate of drug-likeness (QED) is 0.633. The standard InChI is InChI=1S/C8H7Cl2N3/c1-4-5(9)6-8(12-7(4)10)13(2)3-11-6/h3H,1-2H3. The molecule has 0 radical (unpaired) electrons. The van der Waals surface area contributed by atoms with Gasteiger partial charge in [0.15, 0.2) is 5.65 Å². The summed E-state index contributed by atoms with van der Waals surface area (Å²) >= 11 is 11.9. The Kier molecular flexibility index (Phi) is 1.93. The van der Waals surface area contributed by atoms with Crippen LogP contribution in [0.3, 0.4) is 0 Å². The molecule has 2 heterocycles. The highest BCUT2D eigenvalue weighted by atomic mass is 35.5. The zero-order chi connectivity index (χ0) is 9.59. The van der Waals surface area contributed by atoms with Crippen molar-refractivity contribution in [3.05, 3.63) is 22.1 Å². The van der Waals surface area contributed by atoms with Gasteiger partial charge in [-0.25, -0.2) is 9.97 Å². The van der Waals surface area contributed by atoms with Crippen molar-refractivity contribution in [2.75, 3.05) is 0 Å². The lowest BCUT2D eigenvalue weighted by atomic mass is 10.3. The number of hydrogen-bond acceptors (Lipinski definition) is 2. The fourth-order valence-electron chi connectivity index (χ4n) is 1.16. The molecule has 0 fully saturated rings. The van der Waals surface area contributed by atoms with Crippen molar-refractivity contribution < 1.29 is 0 Å². The summed E-state index contributed by atoms with van der Waals surface area (Å²) in [6, 6.07) is 0. The van der Waals surface area contributed by atoms with Crippen molar-refractivity contribution >= 4 is 34.4 Å². The zero-order valence-electron chi connectivity index (χ0n) is 7.17. The number of imidazole rings is 1. The number of fused-ring (bicyclic) bond motifs is 1. The van der Waals surface area contributed by atoms with E-state index in [1.807, 2.05) is 14.0 Å². The molecule has 0 aliphatic rings. The Hall–Kier alpha value is -0.800. The Labute approximate surface area is 85.3 Å². The van der Waals surface area contributed by atoms with Crippen LogP contribution in [0, 0.1) is 6.92 Å². The van der Waals surface area contributed by atoms with Crippen molar-refractivity contribution in [1.29, 1.82) is 0 Å². The maximum Gasteiger partial charge on any atom is 0.162 e. The van der Waals surface area contributed by atoms with Crippen molar-refractivity contribution in [2.45, 2.75) is 6.92 Å². The highest BCUT2D eigenvalue weighted by molar-refractivity contribution is 6.38. The lowest BCUT2D eigenvalue weighted by Crippen LogP contribution is -1.91. The van der Waals surface area contributed by atoms with Crippen LogP contribution in [-0.4, -0.2) is 14.5 Å². The van der Waals surface area contributed by atoms with Crippen LogP contribution in [0.2, 0.25) is 10.2 Å². The Morgan fingerprint density at radius 3 is 2.77 bits per heavy atom. The van der Waals surface area contributed by atoms with Crippen LogP contribution in [0.1, 0.15) is 5.56 Å². The summed E-state index contributed by atoms with van der Waals surface area (Å²) in [4.78, 5) is 8.31. The smallest absolute Gasteiger partial charge is 0.162 e. The van der Waals surface area contributed by atoms with Crippen molar-refractivity contribution in [3.63, 3.8) is 0 Å². The molecule has 0 saturated carbocycles. The zero-order valence-corrected chi connectivity index (χ0v) is 8.69. The van der Waals surface area contributed by atoms with Gasteiger partial charge in [0.2, 0.25) is 0 Å². The van der Waals surface area contributed by atoms with E-state index in [4.69, 9.17) is 23.2 Å². The van der Waals surface area contributed by atoms with Gasteiger partial charge in [-0.05, 0) is 6.92 Å². The Bertz CT molecular complexity index is 476. The number of halogens is 2. The molecular weight excluding hydrogens is 209 g/mol. The number of hydrogen-bond donors (Lipinski definition) is 0. The maximum atomic E-state index is 6.04. The van der Waals surface area contributed by atoms with E-state index in [0.717, 1.165) is 5.56 Å². The molecule has 0 amide bonds. The first-order chi connectivity index (χ1) is 6.11. The van der Waals surface area contributed by atoms with Crippen molar-refractivity contribution in [2.24, 2.45) is 7.05 Å². The van der Waals surface area contributed by atoms with Gasteiger partial charge in [0, 0.05) is 12.6 Å². The SMILES string of the molecule is Cc1c(Cl)nc2c(ncn2C)c1Cl. The van der Waals surface area contributed by atoms with Crippen LogP contribution in [0.15, 0.2) is 6.33 Å². The number of nitrogens with zero attached hydrogens (tertiary/aromatic N) is 3. The summed E-state index contributed by atoms with van der Waals surface area (Å²) in [6.07, 6.45) is 1.67. The van der Waals surface area contributed by atoms with E-state index in [1.54, 1.807) is 10.9 Å². The second kappa shape index (κ2) is 2.86. The molecule has 0 saturated heterocycles. The fraction of sp³-hybridized carbons (Fsp3) is 0.250. The molecule has 2 aromatic rings. The molecule has 0 atom stereocenters. The average molecular weight is 216 g/mol. The Morgan fingerprint density at radius 2 is 2.08 bits per heavy atom. The van der Waals surface area contributed by atoms with Crippen LogP contribution >= 0.6 is 23.2 Å². The predicted molar refractivity (Wildman–Crippen MR) is 53.3 cm³/mol. The van der Waals surface area contributed by atoms with Crippen LogP contribution in [-0.2, 0) is 7.05 Å². The summed E-state index contributed by atoms with van der Waals surface area (Å²) in [5.41, 5.74) is 2.18. The van der Waals surface area contributed by atoms with Gasteiger partial charge in [0.1, 0.15) is 10.7 Å². The molecular formula is C8H7Cl2N3. The molecule has 5 heteroatoms. The summed E-state index contributed by atoms with van der Waals surface area (Å²) in [7, 11) is 1.85. The molecule has 0 N–H and O–H groups in total. The highest BCUT2D eigenvalue weighted by Crippen LogP contribution is 2.28. The highest BCUT2D eigenvalue weighted by Gasteiger charge is 2.11. The largest absolute Gasteiger partial charge is 0.318 e. The number of aromatic nitrogens is 3. The van der Waals surface area contributed by atoms with Gasteiger partial charge in [0.25, 0.3) is 0 Å². The monoisotopic (exact) mass is 215 g/mol. The van der Waals surface area contributed by atoms with E-state index < -0.39 is 0 Å². The van der Waals surface area contributed by atoms with Gasteiger partial charge in [-0.2, -0.15) is 0 Å². The van der Waals surface area contributed by atoms with Crippen molar-refractivity contribution in [3.8, 4) is 0 Å². The van der Waals surface area contributed by atoms with E-state index in [0.29, 0.717) is 21.3 Å². The van der Waals surface area contributed by atoms with E-state index >= 15 is 0 Å². The third-order valence-electron chi connectivity index (χ3n) is 1.96. The molecule has 2 rings (SSSR count). The minimum atomic E-state index is 0.432. The van der Waals surface area contributed by atoms with Crippen LogP contribution < -0.4 is 0 Å². The summed E-state index contributed by atoms with van der Waals surface area (Å²) < 4.78 is 1.78. The van der Waals surface area contributed by atoms with Gasteiger partial charge in [0.05, 0.1) is 11.3 Å². The second-order valence-electron chi connectivity index (χ2n) is 2.87. The van der Waals surface area contributed by atoms with Gasteiger partial charge in [-0.3, -0.25) is 0 Å². The van der Waals surface area contributed by atoms with E-state index in [-0.39, 0.29) is 0 Å². The predicted octanol–water partition coefficient (Wildman–Crippen LogP) is 2.58. The molecule has 0 bridgehead atoms. The van der Waals surface area contributed by atoms with Gasteiger partial charge in [-0.1, -0.05) is 23.2 Å². The number of aryl methyl sites for hydroxylation is 1. The molecule has 13 heavy (non-hydrogen) atoms. The average Bonchev–Trinajstić information content (AvgIpc) is 2.45. The lowest BCUT2D eigenvalue weighted by Gasteiger charge is -2.01. The molecule has 0 aliphatic carbocycles. The van der Waals surface area contributed by atoms with E-state index in [2.05, 4.69) is 9.97 Å². The van der Waals surface area contributed by atoms with Crippen LogP contribution in [0.5, 0.6) is 0 Å². The fourth-order valence-corrected chi connectivity index (χ4v) is 1.60. The van der Waals surface area contributed by atoms with Crippen LogP contribution in [0.25, 0.3) is 11.2 Å². The van der Waals surface area contributed by atoms with Gasteiger partial charge < -0.3 is 4.57 Å². The number of rotatable bonds is 0. The summed E-state index contributed by atoms with van der Waals surface area (Å²) in [5, 5.41) is 1.01. The van der Waals surface area contributed by atoms with Gasteiger partial charge in [-0.15, -0.1) is 0 Å². The first kappa shape index (κ1) is 8.78. The number of pyridine rings is 1. The normalized spacial score (nSPS) is 11.1. The lowest BCUT2D eigenvalue weighted by molar-refractivity contribution is 0.930. The molecule has 3 nitrogen and oxygen atoms in total. The molecule has 0 aromatic carbocycles. The van der Waals surface area contributed by atoms with E-state index in [9.17, 15) is 0 Å².